The maximum absolute atomic E-state index is 12.1. The molecule has 1 unspecified atom stereocenters. The van der Waals surface area contributed by atoms with E-state index in [1.807, 2.05) is 24.3 Å². The highest BCUT2D eigenvalue weighted by molar-refractivity contribution is 7.21. The van der Waals surface area contributed by atoms with Gasteiger partial charge in [-0.1, -0.05) is 36.7 Å². The highest BCUT2D eigenvalue weighted by Gasteiger charge is 2.18. The molecule has 2 amide bonds. The van der Waals surface area contributed by atoms with Gasteiger partial charge in [-0.3, -0.25) is 14.4 Å². The number of carbonyl (C=O) groups excluding carboxylic acids is 2. The van der Waals surface area contributed by atoms with Gasteiger partial charge in [0, 0.05) is 16.6 Å². The number of nitrogens with one attached hydrogen (secondary N) is 2. The van der Waals surface area contributed by atoms with Crippen LogP contribution in [0.15, 0.2) is 24.3 Å². The second kappa shape index (κ2) is 7.43. The summed E-state index contributed by atoms with van der Waals surface area (Å²) in [5, 5.41) is 14.8. The van der Waals surface area contributed by atoms with E-state index in [-0.39, 0.29) is 13.1 Å². The molecule has 0 aliphatic rings. The van der Waals surface area contributed by atoms with Crippen molar-refractivity contribution in [1.29, 1.82) is 0 Å². The molecule has 1 aromatic carbocycles. The van der Waals surface area contributed by atoms with Crippen LogP contribution in [-0.2, 0) is 9.59 Å². The number of thiophene rings is 1. The minimum atomic E-state index is -0.994. The number of carbonyl (C=O) groups is 3. The van der Waals surface area contributed by atoms with Crippen molar-refractivity contribution in [3.63, 3.8) is 0 Å². The maximum Gasteiger partial charge on any atom is 0.308 e. The smallest absolute Gasteiger partial charge is 0.308 e. The number of fused-ring (bicyclic) bond motifs is 1. The molecular weight excluding hydrogens is 340 g/mol. The fourth-order valence-electron chi connectivity index (χ4n) is 1.82. The summed E-state index contributed by atoms with van der Waals surface area (Å²) in [5.41, 5.74) is 0. The predicted octanol–water partition coefficient (Wildman–Crippen LogP) is 2.12. The molecule has 0 saturated heterocycles. The van der Waals surface area contributed by atoms with Gasteiger partial charge in [-0.2, -0.15) is 0 Å². The first-order valence-corrected chi connectivity index (χ1v) is 8.04. The third kappa shape index (κ3) is 4.20. The van der Waals surface area contributed by atoms with Crippen molar-refractivity contribution in [2.24, 2.45) is 5.92 Å². The van der Waals surface area contributed by atoms with Crippen LogP contribution in [0.4, 0.5) is 0 Å². The lowest BCUT2D eigenvalue weighted by Gasteiger charge is -2.09. The van der Waals surface area contributed by atoms with Crippen molar-refractivity contribution in [3.8, 4) is 0 Å². The zero-order valence-corrected chi connectivity index (χ0v) is 13.8. The Bertz CT molecular complexity index is 759. The van der Waals surface area contributed by atoms with Crippen LogP contribution in [0.25, 0.3) is 10.1 Å². The summed E-state index contributed by atoms with van der Waals surface area (Å²) in [6.45, 7) is 1.25. The molecule has 2 rings (SSSR count). The normalized spacial score (nSPS) is 11.9. The zero-order valence-electron chi connectivity index (χ0n) is 12.3. The van der Waals surface area contributed by atoms with Crippen LogP contribution in [-0.4, -0.2) is 36.0 Å². The molecule has 0 spiro atoms. The summed E-state index contributed by atoms with van der Waals surface area (Å²) in [6.07, 6.45) is 0. The van der Waals surface area contributed by atoms with Gasteiger partial charge in [-0.05, 0) is 6.07 Å². The third-order valence-electron chi connectivity index (χ3n) is 3.18. The predicted molar refractivity (Wildman–Crippen MR) is 89.0 cm³/mol. The molecular formula is C15H15ClN2O4S. The van der Waals surface area contributed by atoms with Crippen LogP contribution in [0.2, 0.25) is 5.02 Å². The molecule has 0 radical (unpaired) electrons. The van der Waals surface area contributed by atoms with E-state index in [1.54, 1.807) is 0 Å². The SMILES string of the molecule is CC(CNC(=O)CNC(=O)c1sc2ccccc2c1Cl)C(=O)O. The van der Waals surface area contributed by atoms with Gasteiger partial charge in [0.05, 0.1) is 17.5 Å². The molecule has 0 aliphatic heterocycles. The summed E-state index contributed by atoms with van der Waals surface area (Å²) in [6, 6.07) is 7.38. The van der Waals surface area contributed by atoms with E-state index in [4.69, 9.17) is 16.7 Å². The number of carboxylic acid groups (broad SMARTS) is 1. The Balaban J connectivity index is 1.92. The lowest BCUT2D eigenvalue weighted by Crippen LogP contribution is -2.39. The van der Waals surface area contributed by atoms with Crippen molar-refractivity contribution in [2.75, 3.05) is 13.1 Å². The van der Waals surface area contributed by atoms with Crippen molar-refractivity contribution in [2.45, 2.75) is 6.92 Å². The molecule has 0 aliphatic carbocycles. The fourth-order valence-corrected chi connectivity index (χ4v) is 3.25. The number of benzene rings is 1. The van der Waals surface area contributed by atoms with Crippen LogP contribution >= 0.6 is 22.9 Å². The number of carboxylic acids is 1. The Hall–Kier alpha value is -2.12. The summed E-state index contributed by atoms with van der Waals surface area (Å²) in [4.78, 5) is 34.7. The second-order valence-corrected chi connectivity index (χ2v) is 6.40. The molecule has 1 aromatic heterocycles. The van der Waals surface area contributed by atoms with E-state index < -0.39 is 23.7 Å². The highest BCUT2D eigenvalue weighted by Crippen LogP contribution is 2.34. The quantitative estimate of drug-likeness (QED) is 0.740. The Morgan fingerprint density at radius 1 is 1.26 bits per heavy atom. The van der Waals surface area contributed by atoms with Gasteiger partial charge in [0.15, 0.2) is 0 Å². The molecule has 3 N–H and O–H groups in total. The van der Waals surface area contributed by atoms with Gasteiger partial charge >= 0.3 is 5.97 Å². The van der Waals surface area contributed by atoms with Crippen molar-refractivity contribution >= 4 is 50.8 Å². The minimum absolute atomic E-state index is 0.00762. The van der Waals surface area contributed by atoms with Crippen LogP contribution in [0.5, 0.6) is 0 Å². The molecule has 0 saturated carbocycles. The largest absolute Gasteiger partial charge is 0.481 e. The Morgan fingerprint density at radius 2 is 1.96 bits per heavy atom. The number of hydrogen-bond acceptors (Lipinski definition) is 4. The molecule has 2 aromatic rings. The van der Waals surface area contributed by atoms with E-state index in [0.29, 0.717) is 9.90 Å². The summed E-state index contributed by atoms with van der Waals surface area (Å²) < 4.78 is 0.891. The molecule has 8 heteroatoms. The highest BCUT2D eigenvalue weighted by atomic mass is 35.5. The van der Waals surface area contributed by atoms with Crippen LogP contribution in [0.1, 0.15) is 16.6 Å². The van der Waals surface area contributed by atoms with Crippen molar-refractivity contribution in [1.82, 2.24) is 10.6 Å². The Morgan fingerprint density at radius 3 is 2.61 bits per heavy atom. The molecule has 122 valence electrons. The van der Waals surface area contributed by atoms with Crippen molar-refractivity contribution < 1.29 is 19.5 Å². The first kappa shape index (κ1) is 17.2. The van der Waals surface area contributed by atoms with E-state index in [0.717, 1.165) is 10.1 Å². The summed E-state index contributed by atoms with van der Waals surface area (Å²) in [5.74, 6) is -2.57. The van der Waals surface area contributed by atoms with E-state index in [9.17, 15) is 14.4 Å². The molecule has 0 bridgehead atoms. The second-order valence-electron chi connectivity index (χ2n) is 4.97. The topological polar surface area (TPSA) is 95.5 Å². The van der Waals surface area contributed by atoms with Crippen molar-refractivity contribution in [3.05, 3.63) is 34.2 Å². The average molecular weight is 355 g/mol. The number of amides is 2. The average Bonchev–Trinajstić information content (AvgIpc) is 2.87. The van der Waals surface area contributed by atoms with Gasteiger partial charge in [-0.15, -0.1) is 11.3 Å². The Kier molecular flexibility index (Phi) is 5.57. The van der Waals surface area contributed by atoms with Crippen LogP contribution < -0.4 is 10.6 Å². The zero-order chi connectivity index (χ0) is 17.0. The molecule has 23 heavy (non-hydrogen) atoms. The van der Waals surface area contributed by atoms with Gasteiger partial charge in [0.2, 0.25) is 5.91 Å². The number of rotatable bonds is 6. The molecule has 6 nitrogen and oxygen atoms in total. The minimum Gasteiger partial charge on any atom is -0.481 e. The van der Waals surface area contributed by atoms with E-state index in [1.165, 1.54) is 18.3 Å². The lowest BCUT2D eigenvalue weighted by atomic mass is 10.2. The first-order valence-electron chi connectivity index (χ1n) is 6.85. The molecule has 0 fully saturated rings. The van der Waals surface area contributed by atoms with Crippen LogP contribution in [0, 0.1) is 5.92 Å². The monoisotopic (exact) mass is 354 g/mol. The van der Waals surface area contributed by atoms with Gasteiger partial charge < -0.3 is 15.7 Å². The summed E-state index contributed by atoms with van der Waals surface area (Å²) in [7, 11) is 0. The van der Waals surface area contributed by atoms with Gasteiger partial charge in [-0.25, -0.2) is 0 Å². The van der Waals surface area contributed by atoms with Gasteiger partial charge in [0.25, 0.3) is 5.91 Å². The Labute approximate surface area is 141 Å². The lowest BCUT2D eigenvalue weighted by molar-refractivity contribution is -0.141. The fraction of sp³-hybridized carbons (Fsp3) is 0.267. The third-order valence-corrected chi connectivity index (χ3v) is 4.85. The number of hydrogen-bond donors (Lipinski definition) is 3. The van der Waals surface area contributed by atoms with Gasteiger partial charge in [0.1, 0.15) is 4.88 Å². The first-order chi connectivity index (χ1) is 10.9. The standard InChI is InChI=1S/C15H15ClN2O4S/c1-8(15(21)22)6-17-11(19)7-18-14(20)13-12(16)9-4-2-3-5-10(9)23-13/h2-5,8H,6-7H2,1H3,(H,17,19)(H,18,20)(H,21,22). The summed E-state index contributed by atoms with van der Waals surface area (Å²) >= 11 is 7.44. The molecule has 1 atom stereocenters. The maximum atomic E-state index is 12.1. The van der Waals surface area contributed by atoms with E-state index >= 15 is 0 Å². The van der Waals surface area contributed by atoms with Crippen LogP contribution in [0.3, 0.4) is 0 Å². The molecule has 1 heterocycles. The number of aliphatic carboxylic acids is 1. The number of halogens is 1. The van der Waals surface area contributed by atoms with E-state index in [2.05, 4.69) is 10.6 Å².